The number of H-pyrrole nitrogens is 1. The van der Waals surface area contributed by atoms with Crippen molar-refractivity contribution in [2.75, 3.05) is 6.54 Å². The molecule has 1 aliphatic heterocycles. The van der Waals surface area contributed by atoms with Gasteiger partial charge in [0.15, 0.2) is 0 Å². The van der Waals surface area contributed by atoms with Crippen LogP contribution in [0.15, 0.2) is 42.5 Å². The first-order valence-electron chi connectivity index (χ1n) is 8.47. The topological polar surface area (TPSA) is 71.1 Å². The SMILES string of the molecule is C[C@@H](C(=O)OCc1ccc2n[nH]nc2c1)N1CCc2ccccc2C1. The minimum atomic E-state index is -0.260. The van der Waals surface area contributed by atoms with Gasteiger partial charge in [0.05, 0.1) is 0 Å². The summed E-state index contributed by atoms with van der Waals surface area (Å²) in [5, 5.41) is 10.6. The summed E-state index contributed by atoms with van der Waals surface area (Å²) in [4.78, 5) is 14.6. The Morgan fingerprint density at radius 1 is 1.20 bits per heavy atom. The highest BCUT2D eigenvalue weighted by Crippen LogP contribution is 2.21. The van der Waals surface area contributed by atoms with Crippen LogP contribution in [-0.4, -0.2) is 38.9 Å². The second-order valence-corrected chi connectivity index (χ2v) is 6.42. The zero-order chi connectivity index (χ0) is 17.2. The third-order valence-corrected chi connectivity index (χ3v) is 4.81. The Hall–Kier alpha value is -2.73. The fourth-order valence-corrected chi connectivity index (χ4v) is 3.25. The predicted molar refractivity (Wildman–Crippen MR) is 93.7 cm³/mol. The normalized spacial score (nSPS) is 15.7. The number of aromatic amines is 1. The predicted octanol–water partition coefficient (Wildman–Crippen LogP) is 2.45. The molecule has 0 bridgehead atoms. The van der Waals surface area contributed by atoms with E-state index in [9.17, 15) is 4.79 Å². The number of fused-ring (bicyclic) bond motifs is 2. The molecule has 0 radical (unpaired) electrons. The molecular formula is C19H20N4O2. The van der Waals surface area contributed by atoms with Gasteiger partial charge in [0.1, 0.15) is 23.7 Å². The molecule has 0 saturated heterocycles. The molecule has 2 aromatic carbocycles. The lowest BCUT2D eigenvalue weighted by molar-refractivity contribution is -0.151. The summed E-state index contributed by atoms with van der Waals surface area (Å²) < 4.78 is 5.52. The number of nitrogens with one attached hydrogen (secondary N) is 1. The first-order valence-corrected chi connectivity index (χ1v) is 8.47. The van der Waals surface area contributed by atoms with Crippen molar-refractivity contribution in [2.45, 2.75) is 32.5 Å². The van der Waals surface area contributed by atoms with Gasteiger partial charge in [0.2, 0.25) is 0 Å². The molecule has 1 atom stereocenters. The summed E-state index contributed by atoms with van der Waals surface area (Å²) >= 11 is 0. The summed E-state index contributed by atoms with van der Waals surface area (Å²) in [6.45, 7) is 3.82. The highest BCUT2D eigenvalue weighted by molar-refractivity contribution is 5.76. The van der Waals surface area contributed by atoms with Gasteiger partial charge in [-0.3, -0.25) is 9.69 Å². The van der Waals surface area contributed by atoms with Crippen LogP contribution in [0.3, 0.4) is 0 Å². The van der Waals surface area contributed by atoms with Crippen LogP contribution < -0.4 is 0 Å². The summed E-state index contributed by atoms with van der Waals surface area (Å²) in [6.07, 6.45) is 0.969. The maximum Gasteiger partial charge on any atom is 0.323 e. The molecule has 0 amide bonds. The second-order valence-electron chi connectivity index (χ2n) is 6.42. The molecule has 0 spiro atoms. The summed E-state index contributed by atoms with van der Waals surface area (Å²) in [6, 6.07) is 13.8. The zero-order valence-electron chi connectivity index (χ0n) is 14.1. The quantitative estimate of drug-likeness (QED) is 0.741. The number of carbonyl (C=O) groups excluding carboxylic acids is 1. The Balaban J connectivity index is 1.37. The molecule has 1 N–H and O–H groups in total. The molecule has 25 heavy (non-hydrogen) atoms. The Morgan fingerprint density at radius 3 is 2.88 bits per heavy atom. The Labute approximate surface area is 145 Å². The molecule has 1 aromatic heterocycles. The summed E-state index contributed by atoms with van der Waals surface area (Å²) in [7, 11) is 0. The van der Waals surface area contributed by atoms with E-state index in [1.54, 1.807) is 0 Å². The van der Waals surface area contributed by atoms with Gasteiger partial charge in [-0.05, 0) is 42.2 Å². The maximum atomic E-state index is 12.4. The number of nitrogens with zero attached hydrogens (tertiary/aromatic N) is 3. The number of carbonyl (C=O) groups is 1. The number of hydrogen-bond donors (Lipinski definition) is 1. The minimum Gasteiger partial charge on any atom is -0.460 e. The molecule has 0 unspecified atom stereocenters. The highest BCUT2D eigenvalue weighted by Gasteiger charge is 2.26. The van der Waals surface area contributed by atoms with E-state index in [-0.39, 0.29) is 18.6 Å². The smallest absolute Gasteiger partial charge is 0.323 e. The van der Waals surface area contributed by atoms with E-state index in [1.165, 1.54) is 11.1 Å². The van der Waals surface area contributed by atoms with Crippen molar-refractivity contribution < 1.29 is 9.53 Å². The third-order valence-electron chi connectivity index (χ3n) is 4.81. The van der Waals surface area contributed by atoms with Crippen molar-refractivity contribution in [3.8, 4) is 0 Å². The van der Waals surface area contributed by atoms with E-state index < -0.39 is 0 Å². The van der Waals surface area contributed by atoms with Gasteiger partial charge >= 0.3 is 5.97 Å². The van der Waals surface area contributed by atoms with E-state index in [0.29, 0.717) is 0 Å². The maximum absolute atomic E-state index is 12.4. The average Bonchev–Trinajstić information content (AvgIpc) is 3.13. The lowest BCUT2D eigenvalue weighted by Crippen LogP contribution is -2.42. The van der Waals surface area contributed by atoms with Crippen LogP contribution in [0.2, 0.25) is 0 Å². The highest BCUT2D eigenvalue weighted by atomic mass is 16.5. The van der Waals surface area contributed by atoms with Gasteiger partial charge in [-0.2, -0.15) is 15.4 Å². The second kappa shape index (κ2) is 6.64. The van der Waals surface area contributed by atoms with Gasteiger partial charge in [0.25, 0.3) is 0 Å². The number of benzene rings is 2. The van der Waals surface area contributed by atoms with Crippen molar-refractivity contribution in [2.24, 2.45) is 0 Å². The van der Waals surface area contributed by atoms with E-state index >= 15 is 0 Å². The van der Waals surface area contributed by atoms with Crippen molar-refractivity contribution in [1.82, 2.24) is 20.3 Å². The number of esters is 1. The van der Waals surface area contributed by atoms with Gasteiger partial charge in [0, 0.05) is 13.1 Å². The molecule has 128 valence electrons. The molecule has 0 saturated carbocycles. The standard InChI is InChI=1S/C19H20N4O2/c1-13(23-9-8-15-4-2-3-5-16(15)11-23)19(24)25-12-14-6-7-17-18(10-14)21-22-20-17/h2-7,10,13H,8-9,11-12H2,1H3,(H,20,21,22)/t13-/m0/s1. The molecule has 0 aliphatic carbocycles. The first-order chi connectivity index (χ1) is 12.2. The van der Waals surface area contributed by atoms with Crippen LogP contribution in [-0.2, 0) is 29.1 Å². The van der Waals surface area contributed by atoms with Crippen LogP contribution >= 0.6 is 0 Å². The van der Waals surface area contributed by atoms with Crippen molar-refractivity contribution in [3.63, 3.8) is 0 Å². The van der Waals surface area contributed by atoms with E-state index in [2.05, 4.69) is 38.5 Å². The largest absolute Gasteiger partial charge is 0.460 e. The summed E-state index contributed by atoms with van der Waals surface area (Å²) in [5.41, 5.74) is 5.15. The Bertz CT molecular complexity index is 905. The van der Waals surface area contributed by atoms with Crippen LogP contribution in [0.4, 0.5) is 0 Å². The fraction of sp³-hybridized carbons (Fsp3) is 0.316. The Kier molecular flexibility index (Phi) is 4.19. The molecule has 0 fully saturated rings. The number of aromatic nitrogens is 3. The number of hydrogen-bond acceptors (Lipinski definition) is 5. The monoisotopic (exact) mass is 336 g/mol. The third kappa shape index (κ3) is 3.25. The van der Waals surface area contributed by atoms with Crippen LogP contribution in [0.25, 0.3) is 11.0 Å². The molecular weight excluding hydrogens is 316 g/mol. The van der Waals surface area contributed by atoms with Crippen LogP contribution in [0, 0.1) is 0 Å². The van der Waals surface area contributed by atoms with Gasteiger partial charge in [-0.1, -0.05) is 30.3 Å². The summed E-state index contributed by atoms with van der Waals surface area (Å²) in [5.74, 6) is -0.195. The lowest BCUT2D eigenvalue weighted by Gasteiger charge is -2.32. The van der Waals surface area contributed by atoms with Gasteiger partial charge in [-0.25, -0.2) is 0 Å². The Morgan fingerprint density at radius 2 is 2.00 bits per heavy atom. The van der Waals surface area contributed by atoms with Crippen molar-refractivity contribution >= 4 is 17.0 Å². The van der Waals surface area contributed by atoms with E-state index in [4.69, 9.17) is 4.74 Å². The molecule has 2 heterocycles. The van der Waals surface area contributed by atoms with E-state index in [1.807, 2.05) is 31.2 Å². The van der Waals surface area contributed by atoms with Gasteiger partial charge < -0.3 is 4.74 Å². The molecule has 4 rings (SSSR count). The first kappa shape index (κ1) is 15.8. The fourth-order valence-electron chi connectivity index (χ4n) is 3.25. The number of ether oxygens (including phenoxy) is 1. The molecule has 3 aromatic rings. The van der Waals surface area contributed by atoms with Crippen LogP contribution in [0.1, 0.15) is 23.6 Å². The van der Waals surface area contributed by atoms with Crippen molar-refractivity contribution in [1.29, 1.82) is 0 Å². The number of rotatable bonds is 4. The molecule has 1 aliphatic rings. The van der Waals surface area contributed by atoms with Crippen molar-refractivity contribution in [3.05, 3.63) is 59.2 Å². The zero-order valence-corrected chi connectivity index (χ0v) is 14.1. The molecule has 6 heteroatoms. The van der Waals surface area contributed by atoms with E-state index in [0.717, 1.165) is 36.1 Å². The minimum absolute atomic E-state index is 0.195. The average molecular weight is 336 g/mol. The molecule has 6 nitrogen and oxygen atoms in total. The van der Waals surface area contributed by atoms with Gasteiger partial charge in [-0.15, -0.1) is 0 Å². The lowest BCUT2D eigenvalue weighted by atomic mass is 9.99. The van der Waals surface area contributed by atoms with Crippen LogP contribution in [0.5, 0.6) is 0 Å².